The van der Waals surface area contributed by atoms with E-state index in [1.807, 2.05) is 52.5 Å². The molecule has 0 aliphatic rings. The Morgan fingerprint density at radius 3 is 2.55 bits per heavy atom. The lowest BCUT2D eigenvalue weighted by Crippen LogP contribution is -2.46. The fourth-order valence-electron chi connectivity index (χ4n) is 2.48. The first-order chi connectivity index (χ1) is 10.1. The van der Waals surface area contributed by atoms with E-state index in [-0.39, 0.29) is 17.4 Å². The Kier molecular flexibility index (Phi) is 6.41. The Morgan fingerprint density at radius 1 is 1.41 bits per heavy atom. The molecule has 0 fully saturated rings. The molecule has 0 bridgehead atoms. The number of aryl methyl sites for hydroxylation is 1. The van der Waals surface area contributed by atoms with Crippen LogP contribution in [-0.2, 0) is 13.5 Å². The van der Waals surface area contributed by atoms with Crippen LogP contribution in [0.1, 0.15) is 39.0 Å². The maximum Gasteiger partial charge on any atom is 0.314 e. The summed E-state index contributed by atoms with van der Waals surface area (Å²) in [6.07, 6.45) is 2.13. The molecule has 1 rings (SSSR count). The fraction of sp³-hybridized carbons (Fsp3) is 0.750. The highest BCUT2D eigenvalue weighted by Gasteiger charge is 2.30. The van der Waals surface area contributed by atoms with E-state index in [1.165, 1.54) is 0 Å². The molecule has 126 valence electrons. The normalized spacial score (nSPS) is 13.3. The van der Waals surface area contributed by atoms with Gasteiger partial charge < -0.3 is 15.7 Å². The topological polar surface area (TPSA) is 79.2 Å². The molecule has 1 heterocycles. The summed E-state index contributed by atoms with van der Waals surface area (Å²) in [5, 5.41) is 20.0. The molecular formula is C16H30N4O2. The molecule has 0 unspecified atom stereocenters. The van der Waals surface area contributed by atoms with Crippen molar-refractivity contribution in [3.63, 3.8) is 0 Å². The number of rotatable bonds is 7. The quantitative estimate of drug-likeness (QED) is 0.716. The number of aliphatic hydroxyl groups is 1. The lowest BCUT2D eigenvalue weighted by atomic mass is 9.81. The molecule has 0 saturated heterocycles. The van der Waals surface area contributed by atoms with Gasteiger partial charge in [0, 0.05) is 31.2 Å². The molecule has 6 nitrogen and oxygen atoms in total. The largest absolute Gasteiger partial charge is 0.392 e. The van der Waals surface area contributed by atoms with Crippen molar-refractivity contribution in [2.45, 2.75) is 47.1 Å². The van der Waals surface area contributed by atoms with Crippen molar-refractivity contribution in [2.75, 3.05) is 13.1 Å². The van der Waals surface area contributed by atoms with Crippen LogP contribution < -0.4 is 10.6 Å². The van der Waals surface area contributed by atoms with Gasteiger partial charge in [0.15, 0.2) is 0 Å². The molecule has 2 amide bonds. The van der Waals surface area contributed by atoms with Gasteiger partial charge in [-0.05, 0) is 24.8 Å². The molecule has 1 atom stereocenters. The first-order valence-electron chi connectivity index (χ1n) is 7.82. The highest BCUT2D eigenvalue weighted by Crippen LogP contribution is 2.24. The summed E-state index contributed by atoms with van der Waals surface area (Å²) in [7, 11) is 1.90. The third kappa shape index (κ3) is 5.02. The Labute approximate surface area is 133 Å². The highest BCUT2D eigenvalue weighted by molar-refractivity contribution is 5.73. The lowest BCUT2D eigenvalue weighted by Gasteiger charge is -2.33. The smallest absolute Gasteiger partial charge is 0.314 e. The Hall–Kier alpha value is -1.56. The predicted octanol–water partition coefficient (Wildman–Crippen LogP) is 1.61. The zero-order valence-electron chi connectivity index (χ0n) is 14.6. The standard InChI is InChI=1S/C16H30N4O2/c1-11(2)14(21)16(4,5)10-18-15(22)17-8-7-13-9-19-20(6)12(13)3/h9,11,14,21H,7-8,10H2,1-6H3,(H2,17,18,22)/t14-/m1/s1. The van der Waals surface area contributed by atoms with E-state index in [0.717, 1.165) is 17.7 Å². The monoisotopic (exact) mass is 310 g/mol. The summed E-state index contributed by atoms with van der Waals surface area (Å²) in [5.74, 6) is 0.161. The maximum absolute atomic E-state index is 11.8. The summed E-state index contributed by atoms with van der Waals surface area (Å²) in [6.45, 7) is 10.9. The summed E-state index contributed by atoms with van der Waals surface area (Å²) >= 11 is 0. The number of carbonyl (C=O) groups is 1. The van der Waals surface area contributed by atoms with E-state index in [2.05, 4.69) is 15.7 Å². The van der Waals surface area contributed by atoms with Gasteiger partial charge >= 0.3 is 6.03 Å². The SMILES string of the molecule is Cc1c(CCNC(=O)NCC(C)(C)[C@H](O)C(C)C)cnn1C. The molecule has 0 aromatic carbocycles. The van der Waals surface area contributed by atoms with Crippen LogP contribution in [0.5, 0.6) is 0 Å². The van der Waals surface area contributed by atoms with Crippen molar-refractivity contribution >= 4 is 6.03 Å². The highest BCUT2D eigenvalue weighted by atomic mass is 16.3. The molecule has 0 saturated carbocycles. The molecule has 1 aromatic rings. The molecule has 1 aromatic heterocycles. The predicted molar refractivity (Wildman–Crippen MR) is 87.7 cm³/mol. The number of hydrogen-bond acceptors (Lipinski definition) is 3. The lowest BCUT2D eigenvalue weighted by molar-refractivity contribution is 0.0151. The van der Waals surface area contributed by atoms with E-state index in [9.17, 15) is 9.90 Å². The van der Waals surface area contributed by atoms with Gasteiger partial charge in [0.05, 0.1) is 12.3 Å². The van der Waals surface area contributed by atoms with E-state index in [4.69, 9.17) is 0 Å². The van der Waals surface area contributed by atoms with Crippen LogP contribution in [0.4, 0.5) is 4.79 Å². The maximum atomic E-state index is 11.8. The van der Waals surface area contributed by atoms with Crippen molar-refractivity contribution in [2.24, 2.45) is 18.4 Å². The average molecular weight is 310 g/mol. The average Bonchev–Trinajstić information content (AvgIpc) is 2.76. The second kappa shape index (κ2) is 7.63. The molecule has 6 heteroatoms. The van der Waals surface area contributed by atoms with Gasteiger partial charge in [-0.2, -0.15) is 5.10 Å². The minimum absolute atomic E-state index is 0.161. The Balaban J connectivity index is 2.33. The van der Waals surface area contributed by atoms with E-state index in [0.29, 0.717) is 13.1 Å². The first kappa shape index (κ1) is 18.5. The van der Waals surface area contributed by atoms with Crippen molar-refractivity contribution in [1.29, 1.82) is 0 Å². The van der Waals surface area contributed by atoms with Crippen molar-refractivity contribution in [1.82, 2.24) is 20.4 Å². The number of urea groups is 1. The van der Waals surface area contributed by atoms with Gasteiger partial charge in [0.25, 0.3) is 0 Å². The number of amides is 2. The van der Waals surface area contributed by atoms with Crippen molar-refractivity contribution in [3.8, 4) is 0 Å². The van der Waals surface area contributed by atoms with Gasteiger partial charge in [-0.3, -0.25) is 4.68 Å². The number of hydrogen-bond donors (Lipinski definition) is 3. The number of nitrogens with one attached hydrogen (secondary N) is 2. The Bertz CT molecular complexity index is 494. The van der Waals surface area contributed by atoms with Gasteiger partial charge in [0.1, 0.15) is 0 Å². The third-order valence-corrected chi connectivity index (χ3v) is 4.15. The first-order valence-corrected chi connectivity index (χ1v) is 7.82. The van der Waals surface area contributed by atoms with E-state index < -0.39 is 6.10 Å². The van der Waals surface area contributed by atoms with Crippen LogP contribution in [0.3, 0.4) is 0 Å². The van der Waals surface area contributed by atoms with Crippen LogP contribution >= 0.6 is 0 Å². The minimum atomic E-state index is -0.453. The number of aliphatic hydroxyl groups excluding tert-OH is 1. The number of nitrogens with zero attached hydrogens (tertiary/aromatic N) is 2. The Morgan fingerprint density at radius 2 is 2.05 bits per heavy atom. The van der Waals surface area contributed by atoms with Crippen molar-refractivity contribution in [3.05, 3.63) is 17.5 Å². The van der Waals surface area contributed by atoms with Gasteiger partial charge in [-0.15, -0.1) is 0 Å². The van der Waals surface area contributed by atoms with Crippen LogP contribution in [0.2, 0.25) is 0 Å². The number of aromatic nitrogens is 2. The molecule has 3 N–H and O–H groups in total. The minimum Gasteiger partial charge on any atom is -0.392 e. The number of carbonyl (C=O) groups excluding carboxylic acids is 1. The summed E-state index contributed by atoms with van der Waals surface area (Å²) in [5.41, 5.74) is 1.90. The van der Waals surface area contributed by atoms with Crippen molar-refractivity contribution < 1.29 is 9.90 Å². The van der Waals surface area contributed by atoms with Crippen LogP contribution in [0, 0.1) is 18.3 Å². The summed E-state index contributed by atoms with van der Waals surface area (Å²) in [6, 6.07) is -0.203. The van der Waals surface area contributed by atoms with Crippen LogP contribution in [0.15, 0.2) is 6.20 Å². The second-order valence-corrected chi connectivity index (χ2v) is 6.92. The summed E-state index contributed by atoms with van der Waals surface area (Å²) < 4.78 is 1.82. The molecule has 0 aliphatic carbocycles. The molecular weight excluding hydrogens is 280 g/mol. The van der Waals surface area contributed by atoms with Gasteiger partial charge in [-0.1, -0.05) is 27.7 Å². The zero-order valence-corrected chi connectivity index (χ0v) is 14.6. The van der Waals surface area contributed by atoms with Crippen LogP contribution in [-0.4, -0.2) is 40.1 Å². The zero-order chi connectivity index (χ0) is 16.9. The van der Waals surface area contributed by atoms with Gasteiger partial charge in [-0.25, -0.2) is 4.79 Å². The summed E-state index contributed by atoms with van der Waals surface area (Å²) in [4.78, 5) is 11.8. The third-order valence-electron chi connectivity index (χ3n) is 4.15. The van der Waals surface area contributed by atoms with Gasteiger partial charge in [0.2, 0.25) is 0 Å². The molecule has 0 radical (unpaired) electrons. The molecule has 22 heavy (non-hydrogen) atoms. The fourth-order valence-corrected chi connectivity index (χ4v) is 2.48. The molecule has 0 spiro atoms. The van der Waals surface area contributed by atoms with Crippen LogP contribution in [0.25, 0.3) is 0 Å². The second-order valence-electron chi connectivity index (χ2n) is 6.92. The van der Waals surface area contributed by atoms with E-state index in [1.54, 1.807) is 0 Å². The molecule has 0 aliphatic heterocycles. The van der Waals surface area contributed by atoms with E-state index >= 15 is 0 Å².